The van der Waals surface area contributed by atoms with Crippen LogP contribution in [0.3, 0.4) is 0 Å². The molecule has 4 N–H and O–H groups in total. The maximum atomic E-state index is 12.3. The van der Waals surface area contributed by atoms with Crippen LogP contribution in [0.25, 0.3) is 0 Å². The lowest BCUT2D eigenvalue weighted by Crippen LogP contribution is -2.43. The molecule has 1 fully saturated rings. The van der Waals surface area contributed by atoms with Crippen molar-refractivity contribution in [1.82, 2.24) is 10.6 Å². The van der Waals surface area contributed by atoms with Crippen LogP contribution in [0.4, 0.5) is 11.4 Å². The van der Waals surface area contributed by atoms with E-state index < -0.39 is 4.92 Å². The van der Waals surface area contributed by atoms with E-state index in [-0.39, 0.29) is 40.7 Å². The number of hydrogen-bond donors (Lipinski definition) is 3. The van der Waals surface area contributed by atoms with Gasteiger partial charge in [-0.05, 0) is 49.9 Å². The van der Waals surface area contributed by atoms with E-state index in [9.17, 15) is 14.9 Å². The Kier molecular flexibility index (Phi) is 6.35. The standard InChI is InChI=1S/C15H22N4O3.ClH/c1-10-7-11(13(16)12(8-10)19(21)22)14(20)18-9-15(2)3-5-17-6-4-15;/h7-8,17H,3-6,9,16H2,1-2H3,(H,18,20);1H. The fourth-order valence-electron chi connectivity index (χ4n) is 2.71. The number of halogens is 1. The van der Waals surface area contributed by atoms with Gasteiger partial charge in [-0.2, -0.15) is 0 Å². The zero-order valence-electron chi connectivity index (χ0n) is 13.3. The van der Waals surface area contributed by atoms with Crippen molar-refractivity contribution in [2.45, 2.75) is 26.7 Å². The number of nitrogens with one attached hydrogen (secondary N) is 2. The van der Waals surface area contributed by atoms with E-state index >= 15 is 0 Å². The van der Waals surface area contributed by atoms with E-state index in [1.807, 2.05) is 0 Å². The number of amides is 1. The number of nitrogens with two attached hydrogens (primary N) is 1. The number of carbonyl (C=O) groups is 1. The number of nitrogen functional groups attached to an aromatic ring is 1. The molecule has 2 rings (SSSR count). The smallest absolute Gasteiger partial charge is 0.293 e. The third-order valence-electron chi connectivity index (χ3n) is 4.23. The van der Waals surface area contributed by atoms with Crippen LogP contribution in [0.1, 0.15) is 35.7 Å². The summed E-state index contributed by atoms with van der Waals surface area (Å²) in [5.74, 6) is -0.357. The van der Waals surface area contributed by atoms with Crippen molar-refractivity contribution < 1.29 is 9.72 Å². The number of rotatable bonds is 4. The number of nitro benzene ring substituents is 1. The Morgan fingerprint density at radius 2 is 2.04 bits per heavy atom. The summed E-state index contributed by atoms with van der Waals surface area (Å²) in [5.41, 5.74) is 6.34. The minimum atomic E-state index is -0.562. The summed E-state index contributed by atoms with van der Waals surface area (Å²) in [6.45, 7) is 6.25. The van der Waals surface area contributed by atoms with Crippen LogP contribution >= 0.6 is 12.4 Å². The van der Waals surface area contributed by atoms with Gasteiger partial charge in [-0.25, -0.2) is 0 Å². The molecule has 0 saturated carbocycles. The Balaban J connectivity index is 0.00000264. The second-order valence-electron chi connectivity index (χ2n) is 6.25. The maximum Gasteiger partial charge on any atom is 0.293 e. The van der Waals surface area contributed by atoms with Gasteiger partial charge in [-0.15, -0.1) is 12.4 Å². The first-order chi connectivity index (χ1) is 10.3. The fourth-order valence-corrected chi connectivity index (χ4v) is 2.71. The summed E-state index contributed by atoms with van der Waals surface area (Å²) in [7, 11) is 0. The van der Waals surface area contributed by atoms with Crippen molar-refractivity contribution in [2.75, 3.05) is 25.4 Å². The maximum absolute atomic E-state index is 12.3. The number of hydrogen-bond acceptors (Lipinski definition) is 5. The van der Waals surface area contributed by atoms with Gasteiger partial charge >= 0.3 is 0 Å². The molecule has 0 bridgehead atoms. The lowest BCUT2D eigenvalue weighted by atomic mass is 9.81. The molecule has 1 heterocycles. The first-order valence-corrected chi connectivity index (χ1v) is 7.36. The van der Waals surface area contributed by atoms with Gasteiger partial charge in [-0.1, -0.05) is 6.92 Å². The van der Waals surface area contributed by atoms with Gasteiger partial charge < -0.3 is 16.4 Å². The molecule has 0 spiro atoms. The third-order valence-corrected chi connectivity index (χ3v) is 4.23. The van der Waals surface area contributed by atoms with Crippen LogP contribution in [0.15, 0.2) is 12.1 Å². The van der Waals surface area contributed by atoms with Crippen molar-refractivity contribution in [3.8, 4) is 0 Å². The lowest BCUT2D eigenvalue weighted by molar-refractivity contribution is -0.384. The van der Waals surface area contributed by atoms with Crippen molar-refractivity contribution in [3.05, 3.63) is 33.4 Å². The minimum absolute atomic E-state index is 0. The van der Waals surface area contributed by atoms with Crippen LogP contribution in [-0.2, 0) is 0 Å². The molecule has 1 saturated heterocycles. The van der Waals surface area contributed by atoms with Crippen molar-refractivity contribution in [2.24, 2.45) is 5.41 Å². The summed E-state index contributed by atoms with van der Waals surface area (Å²) < 4.78 is 0. The molecule has 1 aromatic rings. The molecule has 0 aliphatic carbocycles. The monoisotopic (exact) mass is 342 g/mol. The molecule has 1 aromatic carbocycles. The number of nitrogens with zero attached hydrogens (tertiary/aromatic N) is 1. The number of nitro groups is 1. The molecule has 8 heteroatoms. The van der Waals surface area contributed by atoms with Crippen LogP contribution in [0.2, 0.25) is 0 Å². The number of aryl methyl sites for hydroxylation is 1. The predicted molar refractivity (Wildman–Crippen MR) is 92.0 cm³/mol. The highest BCUT2D eigenvalue weighted by atomic mass is 35.5. The summed E-state index contributed by atoms with van der Waals surface area (Å²) in [5, 5.41) is 17.2. The Bertz CT molecular complexity index is 601. The molecule has 23 heavy (non-hydrogen) atoms. The van der Waals surface area contributed by atoms with Crippen molar-refractivity contribution >= 4 is 29.7 Å². The van der Waals surface area contributed by atoms with Crippen molar-refractivity contribution in [3.63, 3.8) is 0 Å². The molecular formula is C15H23ClN4O3. The summed E-state index contributed by atoms with van der Waals surface area (Å²) in [6, 6.07) is 2.96. The molecular weight excluding hydrogens is 320 g/mol. The molecule has 0 atom stereocenters. The summed E-state index contributed by atoms with van der Waals surface area (Å²) in [6.07, 6.45) is 1.97. The van der Waals surface area contributed by atoms with Gasteiger partial charge in [0.1, 0.15) is 5.69 Å². The molecule has 7 nitrogen and oxygen atoms in total. The van der Waals surface area contributed by atoms with Crippen LogP contribution < -0.4 is 16.4 Å². The number of anilines is 1. The number of piperidine rings is 1. The van der Waals surface area contributed by atoms with Gasteiger partial charge in [-0.3, -0.25) is 14.9 Å². The van der Waals surface area contributed by atoms with E-state index in [0.717, 1.165) is 25.9 Å². The number of carbonyl (C=O) groups excluding carboxylic acids is 1. The zero-order valence-corrected chi connectivity index (χ0v) is 14.2. The molecule has 0 aromatic heterocycles. The van der Waals surface area contributed by atoms with Gasteiger partial charge in [0, 0.05) is 12.6 Å². The van der Waals surface area contributed by atoms with Crippen LogP contribution in [0, 0.1) is 22.5 Å². The Morgan fingerprint density at radius 3 is 2.61 bits per heavy atom. The fraction of sp³-hybridized carbons (Fsp3) is 0.533. The third kappa shape index (κ3) is 4.56. The first kappa shape index (κ1) is 19.2. The van der Waals surface area contributed by atoms with E-state index in [2.05, 4.69) is 17.6 Å². The molecule has 128 valence electrons. The second-order valence-corrected chi connectivity index (χ2v) is 6.25. The molecule has 1 aliphatic heterocycles. The van der Waals surface area contributed by atoms with E-state index in [1.165, 1.54) is 6.07 Å². The SMILES string of the molecule is Cc1cc(C(=O)NCC2(C)CCNCC2)c(N)c([N+](=O)[O-])c1.Cl. The Hall–Kier alpha value is -1.86. The van der Waals surface area contributed by atoms with Crippen molar-refractivity contribution in [1.29, 1.82) is 0 Å². The van der Waals surface area contributed by atoms with Gasteiger partial charge in [0.05, 0.1) is 10.5 Å². The quantitative estimate of drug-likeness (QED) is 0.440. The average molecular weight is 343 g/mol. The average Bonchev–Trinajstić information content (AvgIpc) is 2.47. The topological polar surface area (TPSA) is 110 Å². The highest BCUT2D eigenvalue weighted by molar-refractivity contribution is 6.01. The van der Waals surface area contributed by atoms with Gasteiger partial charge in [0.2, 0.25) is 0 Å². The van der Waals surface area contributed by atoms with E-state index in [4.69, 9.17) is 5.73 Å². The predicted octanol–water partition coefficient (Wildman–Crippen LogP) is 2.03. The Labute approximate surface area is 141 Å². The minimum Gasteiger partial charge on any atom is -0.393 e. The largest absolute Gasteiger partial charge is 0.393 e. The molecule has 1 amide bonds. The van der Waals surface area contributed by atoms with Crippen LogP contribution in [0.5, 0.6) is 0 Å². The van der Waals surface area contributed by atoms with E-state index in [0.29, 0.717) is 12.1 Å². The van der Waals surface area contributed by atoms with Gasteiger partial charge in [0.25, 0.3) is 11.6 Å². The summed E-state index contributed by atoms with van der Waals surface area (Å²) >= 11 is 0. The van der Waals surface area contributed by atoms with Gasteiger partial charge in [0.15, 0.2) is 0 Å². The second kappa shape index (κ2) is 7.61. The highest BCUT2D eigenvalue weighted by Crippen LogP contribution is 2.29. The first-order valence-electron chi connectivity index (χ1n) is 7.36. The molecule has 0 unspecified atom stereocenters. The van der Waals surface area contributed by atoms with E-state index in [1.54, 1.807) is 13.0 Å². The Morgan fingerprint density at radius 1 is 1.43 bits per heavy atom. The summed E-state index contributed by atoms with van der Waals surface area (Å²) in [4.78, 5) is 22.8. The highest BCUT2D eigenvalue weighted by Gasteiger charge is 2.28. The molecule has 0 radical (unpaired) electrons. The lowest BCUT2D eigenvalue weighted by Gasteiger charge is -2.34. The number of benzene rings is 1. The normalized spacial score (nSPS) is 16.3. The molecule has 1 aliphatic rings. The zero-order chi connectivity index (χ0) is 16.3. The van der Waals surface area contributed by atoms with Crippen LogP contribution in [-0.4, -0.2) is 30.5 Å².